The molecule has 0 heterocycles. The van der Waals surface area contributed by atoms with Crippen LogP contribution in [0.25, 0.3) is 0 Å². The third kappa shape index (κ3) is 2.98. The van der Waals surface area contributed by atoms with Gasteiger partial charge in [0.25, 0.3) is 0 Å². The molecule has 1 rings (SSSR count). The first kappa shape index (κ1) is 11.0. The van der Waals surface area contributed by atoms with Crippen LogP contribution < -0.4 is 0 Å². The zero-order valence-corrected chi connectivity index (χ0v) is 9.55. The number of nitrogens with zero attached hydrogens (tertiary/aromatic N) is 1. The lowest BCUT2D eigenvalue weighted by Gasteiger charge is -2.37. The van der Waals surface area contributed by atoms with E-state index in [0.717, 1.165) is 12.0 Å². The summed E-state index contributed by atoms with van der Waals surface area (Å²) >= 11 is 0. The number of rotatable bonds is 4. The van der Waals surface area contributed by atoms with Gasteiger partial charge in [-0.3, -0.25) is 0 Å². The van der Waals surface area contributed by atoms with Gasteiger partial charge in [0.1, 0.15) is 0 Å². The average Bonchev–Trinajstić information content (AvgIpc) is 2.18. The molecule has 0 aromatic heterocycles. The molecule has 0 bridgehead atoms. The molecule has 0 aromatic rings. The van der Waals surface area contributed by atoms with Gasteiger partial charge in [0.2, 0.25) is 0 Å². The lowest BCUT2D eigenvalue weighted by Crippen LogP contribution is -2.40. The Bertz CT molecular complexity index is 133. The highest BCUT2D eigenvalue weighted by molar-refractivity contribution is 4.80. The number of hydrogen-bond acceptors (Lipinski definition) is 1. The Labute approximate surface area is 83.5 Å². The SMILES string of the molecule is CCCN(C)C1CCCCC1CC. The van der Waals surface area contributed by atoms with Crippen LogP contribution in [0, 0.1) is 5.92 Å². The van der Waals surface area contributed by atoms with Gasteiger partial charge >= 0.3 is 0 Å². The van der Waals surface area contributed by atoms with Crippen LogP contribution in [0.4, 0.5) is 0 Å². The second-order valence-electron chi connectivity index (χ2n) is 4.50. The van der Waals surface area contributed by atoms with Crippen molar-refractivity contribution in [3.63, 3.8) is 0 Å². The molecule has 0 amide bonds. The van der Waals surface area contributed by atoms with E-state index in [1.807, 2.05) is 0 Å². The molecule has 0 N–H and O–H groups in total. The van der Waals surface area contributed by atoms with Crippen molar-refractivity contribution in [3.8, 4) is 0 Å². The molecular weight excluding hydrogens is 158 g/mol. The molecule has 1 nitrogen and oxygen atoms in total. The maximum atomic E-state index is 2.59. The Kier molecular flexibility index (Phi) is 4.79. The maximum absolute atomic E-state index is 2.59. The molecule has 2 unspecified atom stereocenters. The second kappa shape index (κ2) is 5.64. The zero-order chi connectivity index (χ0) is 9.68. The topological polar surface area (TPSA) is 3.24 Å². The Hall–Kier alpha value is -0.0400. The minimum Gasteiger partial charge on any atom is -0.303 e. The first-order valence-corrected chi connectivity index (χ1v) is 5.99. The predicted molar refractivity (Wildman–Crippen MR) is 59.0 cm³/mol. The Morgan fingerprint density at radius 3 is 2.46 bits per heavy atom. The molecule has 0 radical (unpaired) electrons. The first-order valence-electron chi connectivity index (χ1n) is 5.99. The standard InChI is InChI=1S/C12H25N/c1-4-10-13(3)12-9-7-6-8-11(12)5-2/h11-12H,4-10H2,1-3H3. The molecular formula is C12H25N. The summed E-state index contributed by atoms with van der Waals surface area (Å²) in [5.74, 6) is 0.977. The highest BCUT2D eigenvalue weighted by Crippen LogP contribution is 2.29. The first-order chi connectivity index (χ1) is 6.29. The maximum Gasteiger partial charge on any atom is 0.0120 e. The van der Waals surface area contributed by atoms with Crippen LogP contribution in [0.2, 0.25) is 0 Å². The molecule has 1 aliphatic rings. The normalized spacial score (nSPS) is 29.5. The molecule has 0 saturated heterocycles. The quantitative estimate of drug-likeness (QED) is 0.646. The van der Waals surface area contributed by atoms with Crippen LogP contribution in [0.3, 0.4) is 0 Å². The molecule has 1 saturated carbocycles. The molecule has 1 heteroatoms. The largest absolute Gasteiger partial charge is 0.303 e. The molecule has 0 aromatic carbocycles. The minimum absolute atomic E-state index is 0.888. The lowest BCUT2D eigenvalue weighted by atomic mass is 9.82. The van der Waals surface area contributed by atoms with Crippen molar-refractivity contribution in [3.05, 3.63) is 0 Å². The van der Waals surface area contributed by atoms with E-state index >= 15 is 0 Å². The van der Waals surface area contributed by atoms with E-state index in [-0.39, 0.29) is 0 Å². The summed E-state index contributed by atoms with van der Waals surface area (Å²) < 4.78 is 0. The van der Waals surface area contributed by atoms with Crippen LogP contribution in [0.1, 0.15) is 52.4 Å². The second-order valence-corrected chi connectivity index (χ2v) is 4.50. The Balaban J connectivity index is 2.43. The summed E-state index contributed by atoms with van der Waals surface area (Å²) in [6.07, 6.45) is 8.50. The van der Waals surface area contributed by atoms with Crippen LogP contribution in [0.15, 0.2) is 0 Å². The van der Waals surface area contributed by atoms with Crippen LogP contribution in [0.5, 0.6) is 0 Å². The highest BCUT2D eigenvalue weighted by Gasteiger charge is 2.26. The van der Waals surface area contributed by atoms with Crippen molar-refractivity contribution in [2.24, 2.45) is 5.92 Å². The van der Waals surface area contributed by atoms with E-state index in [1.54, 1.807) is 0 Å². The van der Waals surface area contributed by atoms with E-state index < -0.39 is 0 Å². The van der Waals surface area contributed by atoms with Gasteiger partial charge in [0, 0.05) is 6.04 Å². The Morgan fingerprint density at radius 2 is 1.85 bits per heavy atom. The summed E-state index contributed by atoms with van der Waals surface area (Å²) in [4.78, 5) is 2.59. The van der Waals surface area contributed by atoms with Crippen molar-refractivity contribution in [1.29, 1.82) is 0 Å². The molecule has 1 aliphatic carbocycles. The van der Waals surface area contributed by atoms with Crippen molar-refractivity contribution < 1.29 is 0 Å². The van der Waals surface area contributed by atoms with Crippen molar-refractivity contribution in [2.75, 3.05) is 13.6 Å². The molecule has 13 heavy (non-hydrogen) atoms. The average molecular weight is 183 g/mol. The van der Waals surface area contributed by atoms with Gasteiger partial charge in [-0.25, -0.2) is 0 Å². The number of hydrogen-bond donors (Lipinski definition) is 0. The van der Waals surface area contributed by atoms with E-state index in [1.165, 1.54) is 45.1 Å². The van der Waals surface area contributed by atoms with Crippen molar-refractivity contribution in [2.45, 2.75) is 58.4 Å². The van der Waals surface area contributed by atoms with E-state index in [2.05, 4.69) is 25.8 Å². The van der Waals surface area contributed by atoms with Gasteiger partial charge in [-0.2, -0.15) is 0 Å². The van der Waals surface area contributed by atoms with E-state index in [9.17, 15) is 0 Å². The van der Waals surface area contributed by atoms with Crippen LogP contribution >= 0.6 is 0 Å². The molecule has 78 valence electrons. The summed E-state index contributed by atoms with van der Waals surface area (Å²) in [5, 5.41) is 0. The van der Waals surface area contributed by atoms with E-state index in [0.29, 0.717) is 0 Å². The van der Waals surface area contributed by atoms with Gasteiger partial charge in [0.15, 0.2) is 0 Å². The fraction of sp³-hybridized carbons (Fsp3) is 1.00. The fourth-order valence-corrected chi connectivity index (χ4v) is 2.76. The smallest absolute Gasteiger partial charge is 0.0120 e. The summed E-state index contributed by atoms with van der Waals surface area (Å²) in [6.45, 7) is 5.91. The van der Waals surface area contributed by atoms with Gasteiger partial charge in [-0.1, -0.05) is 33.1 Å². The lowest BCUT2D eigenvalue weighted by molar-refractivity contribution is 0.127. The van der Waals surface area contributed by atoms with Crippen molar-refractivity contribution >= 4 is 0 Å². The van der Waals surface area contributed by atoms with Crippen LogP contribution in [-0.4, -0.2) is 24.5 Å². The monoisotopic (exact) mass is 183 g/mol. The molecule has 0 spiro atoms. The Morgan fingerprint density at radius 1 is 1.15 bits per heavy atom. The summed E-state index contributed by atoms with van der Waals surface area (Å²) in [5.41, 5.74) is 0. The molecule has 2 atom stereocenters. The predicted octanol–water partition coefficient (Wildman–Crippen LogP) is 3.30. The molecule has 0 aliphatic heterocycles. The van der Waals surface area contributed by atoms with Gasteiger partial charge < -0.3 is 4.90 Å². The van der Waals surface area contributed by atoms with Gasteiger partial charge in [-0.05, 0) is 38.8 Å². The third-order valence-electron chi connectivity index (χ3n) is 3.54. The molecule has 1 fully saturated rings. The zero-order valence-electron chi connectivity index (χ0n) is 9.55. The minimum atomic E-state index is 0.888. The summed E-state index contributed by atoms with van der Waals surface area (Å²) in [6, 6.07) is 0.888. The summed E-state index contributed by atoms with van der Waals surface area (Å²) in [7, 11) is 2.31. The van der Waals surface area contributed by atoms with E-state index in [4.69, 9.17) is 0 Å². The third-order valence-corrected chi connectivity index (χ3v) is 3.54. The van der Waals surface area contributed by atoms with Crippen LogP contribution in [-0.2, 0) is 0 Å². The highest BCUT2D eigenvalue weighted by atomic mass is 15.1. The van der Waals surface area contributed by atoms with Gasteiger partial charge in [-0.15, -0.1) is 0 Å². The van der Waals surface area contributed by atoms with Gasteiger partial charge in [0.05, 0.1) is 0 Å². The van der Waals surface area contributed by atoms with Crippen molar-refractivity contribution in [1.82, 2.24) is 4.90 Å². The fourth-order valence-electron chi connectivity index (χ4n) is 2.76.